The number of carboxylic acids is 1. The van der Waals surface area contributed by atoms with E-state index in [2.05, 4.69) is 24.4 Å². The molecule has 2 N–H and O–H groups in total. The van der Waals surface area contributed by atoms with Crippen molar-refractivity contribution in [2.45, 2.75) is 73.1 Å². The second-order valence-electron chi connectivity index (χ2n) is 10.6. The van der Waals surface area contributed by atoms with Gasteiger partial charge in [-0.3, -0.25) is 4.79 Å². The molecule has 0 radical (unpaired) electrons. The summed E-state index contributed by atoms with van der Waals surface area (Å²) in [7, 11) is 0. The zero-order valence-electron chi connectivity index (χ0n) is 18.9. The number of ether oxygens (including phenoxy) is 1. The molecule has 164 valence electrons. The zero-order valence-corrected chi connectivity index (χ0v) is 18.9. The Morgan fingerprint density at radius 3 is 2.10 bits per heavy atom. The number of fused-ring (bicyclic) bond motifs is 1. The normalized spacial score (nSPS) is 30.5. The molecule has 0 aromatic heterocycles. The van der Waals surface area contributed by atoms with Crippen molar-refractivity contribution in [3.05, 3.63) is 12.2 Å². The van der Waals surface area contributed by atoms with E-state index in [1.54, 1.807) is 20.8 Å². The fourth-order valence-electron chi connectivity index (χ4n) is 4.49. The standard InChI is InChI=1S/C22H36N2O5/c1-12-9-10-13(2)15-14(12)11-24(16(15)19(26)27)18(25)17(21(3,4)5)23-20(28)29-22(6,7)8/h9-10,12-17H,11H2,1-8H3,(H,23,28)(H,26,27)/t12-,13+,14+,15-,16-,17+/m0/s1. The Labute approximate surface area is 173 Å². The average molecular weight is 409 g/mol. The van der Waals surface area contributed by atoms with Crippen LogP contribution in [0.1, 0.15) is 55.4 Å². The second kappa shape index (κ2) is 8.00. The van der Waals surface area contributed by atoms with Crippen LogP contribution in [-0.4, -0.2) is 52.2 Å². The van der Waals surface area contributed by atoms with Crippen LogP contribution in [0.25, 0.3) is 0 Å². The van der Waals surface area contributed by atoms with Gasteiger partial charge < -0.3 is 20.1 Å². The summed E-state index contributed by atoms with van der Waals surface area (Å²) >= 11 is 0. The highest BCUT2D eigenvalue weighted by molar-refractivity contribution is 5.90. The quantitative estimate of drug-likeness (QED) is 0.699. The van der Waals surface area contributed by atoms with Crippen molar-refractivity contribution in [2.24, 2.45) is 29.1 Å². The molecular formula is C22H36N2O5. The molecule has 29 heavy (non-hydrogen) atoms. The lowest BCUT2D eigenvalue weighted by atomic mass is 9.71. The number of amides is 2. The predicted octanol–water partition coefficient (Wildman–Crippen LogP) is 3.30. The van der Waals surface area contributed by atoms with Gasteiger partial charge in [-0.2, -0.15) is 0 Å². The average Bonchev–Trinajstić information content (AvgIpc) is 2.95. The smallest absolute Gasteiger partial charge is 0.408 e. The molecule has 0 spiro atoms. The molecule has 0 aromatic carbocycles. The predicted molar refractivity (Wildman–Crippen MR) is 110 cm³/mol. The van der Waals surface area contributed by atoms with Crippen LogP contribution in [0.5, 0.6) is 0 Å². The number of carbonyl (C=O) groups excluding carboxylic acids is 2. The fourth-order valence-corrected chi connectivity index (χ4v) is 4.49. The molecule has 2 rings (SSSR count). The van der Waals surface area contributed by atoms with E-state index < -0.39 is 35.2 Å². The van der Waals surface area contributed by atoms with E-state index in [1.165, 1.54) is 4.90 Å². The number of nitrogens with one attached hydrogen (secondary N) is 1. The van der Waals surface area contributed by atoms with E-state index in [9.17, 15) is 19.5 Å². The van der Waals surface area contributed by atoms with Gasteiger partial charge >= 0.3 is 12.1 Å². The number of hydrogen-bond acceptors (Lipinski definition) is 4. The van der Waals surface area contributed by atoms with Crippen molar-refractivity contribution in [1.82, 2.24) is 10.2 Å². The molecule has 0 bridgehead atoms. The lowest BCUT2D eigenvalue weighted by molar-refractivity contribution is -0.151. The van der Waals surface area contributed by atoms with Crippen molar-refractivity contribution in [2.75, 3.05) is 6.54 Å². The van der Waals surface area contributed by atoms with Crippen LogP contribution in [0.4, 0.5) is 4.79 Å². The van der Waals surface area contributed by atoms with Gasteiger partial charge in [-0.1, -0.05) is 46.8 Å². The molecule has 6 atom stereocenters. The van der Waals surface area contributed by atoms with Crippen LogP contribution < -0.4 is 5.32 Å². The zero-order chi connectivity index (χ0) is 22.3. The number of aliphatic carboxylic acids is 1. The molecule has 2 amide bonds. The maximum Gasteiger partial charge on any atom is 0.408 e. The molecule has 2 aliphatic rings. The number of nitrogens with zero attached hydrogens (tertiary/aromatic N) is 1. The SMILES string of the molecule is C[C@@H]1C=C[C@H](C)[C@H]2CN(C(=O)[C@@H](NC(=O)OC(C)(C)C)C(C)(C)C)[C@H](C(=O)O)[C@H]21. The summed E-state index contributed by atoms with van der Waals surface area (Å²) < 4.78 is 5.33. The van der Waals surface area contributed by atoms with Gasteiger partial charge in [0.1, 0.15) is 17.7 Å². The molecule has 0 unspecified atom stereocenters. The number of alkyl carbamates (subject to hydrolysis) is 1. The van der Waals surface area contributed by atoms with Crippen molar-refractivity contribution >= 4 is 18.0 Å². The summed E-state index contributed by atoms with van der Waals surface area (Å²) in [6, 6.07) is -1.79. The molecule has 1 aliphatic heterocycles. The number of allylic oxidation sites excluding steroid dienone is 2. The number of carbonyl (C=O) groups is 3. The minimum Gasteiger partial charge on any atom is -0.480 e. The van der Waals surface area contributed by atoms with Gasteiger partial charge in [0.15, 0.2) is 0 Å². The Morgan fingerprint density at radius 1 is 1.07 bits per heavy atom. The molecule has 1 heterocycles. The summed E-state index contributed by atoms with van der Waals surface area (Å²) in [6.07, 6.45) is 3.48. The van der Waals surface area contributed by atoms with Gasteiger partial charge in [0.2, 0.25) is 5.91 Å². The maximum atomic E-state index is 13.5. The molecule has 0 aromatic rings. The van der Waals surface area contributed by atoms with Crippen molar-refractivity contribution in [3.63, 3.8) is 0 Å². The Hall–Kier alpha value is -2.05. The van der Waals surface area contributed by atoms with Crippen LogP contribution >= 0.6 is 0 Å². The Morgan fingerprint density at radius 2 is 1.62 bits per heavy atom. The minimum atomic E-state index is -0.995. The van der Waals surface area contributed by atoms with E-state index in [1.807, 2.05) is 27.7 Å². The van der Waals surface area contributed by atoms with Crippen molar-refractivity contribution in [1.29, 1.82) is 0 Å². The summed E-state index contributed by atoms with van der Waals surface area (Å²) in [4.78, 5) is 39.6. The first kappa shape index (κ1) is 23.2. The highest BCUT2D eigenvalue weighted by Crippen LogP contribution is 2.44. The number of rotatable bonds is 3. The van der Waals surface area contributed by atoms with Crippen LogP contribution in [0.2, 0.25) is 0 Å². The van der Waals surface area contributed by atoms with E-state index in [0.29, 0.717) is 6.54 Å². The highest BCUT2D eigenvalue weighted by Gasteiger charge is 2.53. The molecule has 7 heteroatoms. The van der Waals surface area contributed by atoms with Crippen LogP contribution in [-0.2, 0) is 14.3 Å². The van der Waals surface area contributed by atoms with Crippen LogP contribution in [0.15, 0.2) is 12.2 Å². The largest absolute Gasteiger partial charge is 0.480 e. The molecule has 1 aliphatic carbocycles. The van der Waals surface area contributed by atoms with E-state index in [0.717, 1.165) is 0 Å². The Kier molecular flexibility index (Phi) is 6.40. The third-order valence-corrected chi connectivity index (χ3v) is 5.91. The fraction of sp³-hybridized carbons (Fsp3) is 0.773. The lowest BCUT2D eigenvalue weighted by Crippen LogP contribution is -2.58. The van der Waals surface area contributed by atoms with Crippen molar-refractivity contribution in [3.8, 4) is 0 Å². The number of carboxylic acid groups (broad SMARTS) is 1. The molecule has 1 saturated heterocycles. The van der Waals surface area contributed by atoms with Crippen LogP contribution in [0, 0.1) is 29.1 Å². The molecule has 7 nitrogen and oxygen atoms in total. The highest BCUT2D eigenvalue weighted by atomic mass is 16.6. The Balaban J connectivity index is 2.32. The van der Waals surface area contributed by atoms with Gasteiger partial charge in [-0.05, 0) is 43.9 Å². The third-order valence-electron chi connectivity index (χ3n) is 5.91. The summed E-state index contributed by atoms with van der Waals surface area (Å²) in [5.41, 5.74) is -1.31. The summed E-state index contributed by atoms with van der Waals surface area (Å²) in [5, 5.41) is 12.7. The number of likely N-dealkylation sites (tertiary alicyclic amines) is 1. The minimum absolute atomic E-state index is 0.0713. The van der Waals surface area contributed by atoms with Gasteiger partial charge in [0.25, 0.3) is 0 Å². The monoisotopic (exact) mass is 408 g/mol. The Bertz CT molecular complexity index is 688. The van der Waals surface area contributed by atoms with Gasteiger partial charge in [-0.25, -0.2) is 9.59 Å². The van der Waals surface area contributed by atoms with E-state index in [-0.39, 0.29) is 29.6 Å². The first-order chi connectivity index (χ1) is 13.1. The summed E-state index contributed by atoms with van der Waals surface area (Å²) in [6.45, 7) is 15.2. The third kappa shape index (κ3) is 5.11. The maximum absolute atomic E-state index is 13.5. The van der Waals surface area contributed by atoms with Gasteiger partial charge in [-0.15, -0.1) is 0 Å². The van der Waals surface area contributed by atoms with E-state index in [4.69, 9.17) is 4.74 Å². The molecular weight excluding hydrogens is 372 g/mol. The van der Waals surface area contributed by atoms with E-state index >= 15 is 0 Å². The van der Waals surface area contributed by atoms with Gasteiger partial charge in [0, 0.05) is 12.5 Å². The first-order valence-electron chi connectivity index (χ1n) is 10.3. The van der Waals surface area contributed by atoms with Crippen LogP contribution in [0.3, 0.4) is 0 Å². The first-order valence-corrected chi connectivity index (χ1v) is 10.3. The molecule has 1 fully saturated rings. The molecule has 0 saturated carbocycles. The topological polar surface area (TPSA) is 95.9 Å². The van der Waals surface area contributed by atoms with Crippen molar-refractivity contribution < 1.29 is 24.2 Å². The summed E-state index contributed by atoms with van der Waals surface area (Å²) in [5.74, 6) is -1.15. The lowest BCUT2D eigenvalue weighted by Gasteiger charge is -2.36. The second-order valence-corrected chi connectivity index (χ2v) is 10.6. The van der Waals surface area contributed by atoms with Gasteiger partial charge in [0.05, 0.1) is 0 Å². The number of hydrogen-bond donors (Lipinski definition) is 2.